The molecule has 0 radical (unpaired) electrons. The first-order valence-corrected chi connectivity index (χ1v) is 6.30. The molecule has 1 atom stereocenters. The monoisotopic (exact) mass is 264 g/mol. The molecule has 1 aromatic rings. The number of aryl methyl sites for hydroxylation is 1. The van der Waals surface area contributed by atoms with Gasteiger partial charge in [-0.3, -0.25) is 4.79 Å². The number of rotatable bonds is 5. The van der Waals surface area contributed by atoms with E-state index in [-0.39, 0.29) is 18.6 Å². The molecule has 0 saturated heterocycles. The number of carbonyl (C=O) groups excluding carboxylic acids is 2. The molecule has 2 N–H and O–H groups in total. The Morgan fingerprint density at radius 3 is 2.63 bits per heavy atom. The van der Waals surface area contributed by atoms with Crippen molar-refractivity contribution in [2.45, 2.75) is 26.8 Å². The van der Waals surface area contributed by atoms with Crippen molar-refractivity contribution in [2.24, 2.45) is 0 Å². The zero-order chi connectivity index (χ0) is 14.3. The Balaban J connectivity index is 2.44. The molecule has 0 saturated carbocycles. The molecular weight excluding hydrogens is 244 g/mol. The van der Waals surface area contributed by atoms with E-state index in [1.54, 1.807) is 6.92 Å². The van der Waals surface area contributed by atoms with E-state index in [4.69, 9.17) is 4.74 Å². The van der Waals surface area contributed by atoms with Crippen LogP contribution >= 0.6 is 0 Å². The van der Waals surface area contributed by atoms with Gasteiger partial charge in [-0.1, -0.05) is 24.3 Å². The summed E-state index contributed by atoms with van der Waals surface area (Å²) in [5, 5.41) is 5.24. The first-order valence-electron chi connectivity index (χ1n) is 6.30. The van der Waals surface area contributed by atoms with Gasteiger partial charge in [-0.25, -0.2) is 4.79 Å². The fourth-order valence-corrected chi connectivity index (χ4v) is 1.76. The highest BCUT2D eigenvalue weighted by Gasteiger charge is 2.12. The molecule has 0 bridgehead atoms. The second kappa shape index (κ2) is 7.41. The topological polar surface area (TPSA) is 67.4 Å². The van der Waals surface area contributed by atoms with Gasteiger partial charge in [0.1, 0.15) is 6.54 Å². The van der Waals surface area contributed by atoms with E-state index < -0.39 is 5.97 Å². The fraction of sp³-hybridized carbons (Fsp3) is 0.429. The average Bonchev–Trinajstić information content (AvgIpc) is 2.37. The lowest BCUT2D eigenvalue weighted by molar-refractivity contribution is -0.141. The molecule has 0 aromatic heterocycles. The molecule has 5 heteroatoms. The predicted octanol–water partition coefficient (Wildman–Crippen LogP) is 1.92. The highest BCUT2D eigenvalue weighted by Crippen LogP contribution is 2.16. The van der Waals surface area contributed by atoms with Crippen LogP contribution in [0.4, 0.5) is 4.79 Å². The molecule has 1 rings (SSSR count). The maximum absolute atomic E-state index is 11.6. The molecule has 1 unspecified atom stereocenters. The third kappa shape index (κ3) is 4.99. The van der Waals surface area contributed by atoms with Crippen LogP contribution < -0.4 is 10.6 Å². The van der Waals surface area contributed by atoms with Crippen molar-refractivity contribution >= 4 is 12.0 Å². The molecule has 0 heterocycles. The summed E-state index contributed by atoms with van der Waals surface area (Å²) in [4.78, 5) is 22.7. The number of benzene rings is 1. The first-order chi connectivity index (χ1) is 9.04. The third-order valence-electron chi connectivity index (χ3n) is 2.70. The zero-order valence-electron chi connectivity index (χ0n) is 11.5. The Bertz CT molecular complexity index is 446. The van der Waals surface area contributed by atoms with Crippen molar-refractivity contribution in [3.05, 3.63) is 35.4 Å². The number of esters is 1. The molecular formula is C14H20N2O3. The molecule has 0 spiro atoms. The van der Waals surface area contributed by atoms with Gasteiger partial charge in [0.25, 0.3) is 0 Å². The summed E-state index contributed by atoms with van der Waals surface area (Å²) in [7, 11) is 0. The van der Waals surface area contributed by atoms with Gasteiger partial charge in [0.2, 0.25) is 0 Å². The Hall–Kier alpha value is -2.04. The highest BCUT2D eigenvalue weighted by molar-refractivity contribution is 5.80. The molecule has 0 aliphatic heterocycles. The van der Waals surface area contributed by atoms with E-state index in [1.165, 1.54) is 0 Å². The maximum Gasteiger partial charge on any atom is 0.325 e. The van der Waals surface area contributed by atoms with Crippen LogP contribution in [0.5, 0.6) is 0 Å². The van der Waals surface area contributed by atoms with Gasteiger partial charge in [-0.15, -0.1) is 0 Å². The zero-order valence-corrected chi connectivity index (χ0v) is 11.5. The van der Waals surface area contributed by atoms with Crippen LogP contribution in [0.15, 0.2) is 24.3 Å². The summed E-state index contributed by atoms with van der Waals surface area (Å²) in [6, 6.07) is 7.33. The van der Waals surface area contributed by atoms with Crippen molar-refractivity contribution in [3.63, 3.8) is 0 Å². The highest BCUT2D eigenvalue weighted by atomic mass is 16.5. The maximum atomic E-state index is 11.6. The smallest absolute Gasteiger partial charge is 0.325 e. The number of urea groups is 1. The summed E-state index contributed by atoms with van der Waals surface area (Å²) in [6.07, 6.45) is 0. The van der Waals surface area contributed by atoms with Gasteiger partial charge in [-0.2, -0.15) is 0 Å². The fourth-order valence-electron chi connectivity index (χ4n) is 1.76. The minimum absolute atomic E-state index is 0.122. The third-order valence-corrected chi connectivity index (χ3v) is 2.70. The standard InChI is InChI=1S/C14H20N2O3/c1-4-19-13(17)9-15-14(18)16-11(3)12-8-6-5-7-10(12)2/h5-8,11H,4,9H2,1-3H3,(H2,15,16,18). The van der Waals surface area contributed by atoms with Gasteiger partial charge in [-0.05, 0) is 31.9 Å². The molecule has 1 aromatic carbocycles. The van der Waals surface area contributed by atoms with E-state index in [1.807, 2.05) is 38.1 Å². The molecule has 2 amide bonds. The van der Waals surface area contributed by atoms with Crippen molar-refractivity contribution in [3.8, 4) is 0 Å². The Morgan fingerprint density at radius 2 is 2.00 bits per heavy atom. The number of hydrogen-bond acceptors (Lipinski definition) is 3. The van der Waals surface area contributed by atoms with E-state index in [0.29, 0.717) is 6.61 Å². The summed E-state index contributed by atoms with van der Waals surface area (Å²) >= 11 is 0. The van der Waals surface area contributed by atoms with Crippen LogP contribution in [-0.2, 0) is 9.53 Å². The molecule has 0 aliphatic rings. The first kappa shape index (κ1) is 15.0. The van der Waals surface area contributed by atoms with Gasteiger partial charge >= 0.3 is 12.0 Å². The molecule has 19 heavy (non-hydrogen) atoms. The number of ether oxygens (including phenoxy) is 1. The Labute approximate surface area is 113 Å². The van der Waals surface area contributed by atoms with Crippen molar-refractivity contribution in [1.29, 1.82) is 0 Å². The minimum atomic E-state index is -0.443. The van der Waals surface area contributed by atoms with E-state index in [9.17, 15) is 9.59 Å². The minimum Gasteiger partial charge on any atom is -0.465 e. The quantitative estimate of drug-likeness (QED) is 0.798. The number of hydrogen-bond donors (Lipinski definition) is 2. The molecule has 0 fully saturated rings. The molecule has 0 aliphatic carbocycles. The van der Waals surface area contributed by atoms with Gasteiger partial charge < -0.3 is 15.4 Å². The second-order valence-electron chi connectivity index (χ2n) is 4.21. The Morgan fingerprint density at radius 1 is 1.32 bits per heavy atom. The predicted molar refractivity (Wildman–Crippen MR) is 72.8 cm³/mol. The summed E-state index contributed by atoms with van der Waals surface area (Å²) in [5.74, 6) is -0.443. The number of carbonyl (C=O) groups is 2. The van der Waals surface area contributed by atoms with E-state index >= 15 is 0 Å². The lowest BCUT2D eigenvalue weighted by Gasteiger charge is -2.16. The lowest BCUT2D eigenvalue weighted by Crippen LogP contribution is -2.40. The van der Waals surface area contributed by atoms with Crippen molar-refractivity contribution in [1.82, 2.24) is 10.6 Å². The van der Waals surface area contributed by atoms with Crippen molar-refractivity contribution in [2.75, 3.05) is 13.2 Å². The van der Waals surface area contributed by atoms with Crippen LogP contribution in [0.1, 0.15) is 31.0 Å². The lowest BCUT2D eigenvalue weighted by atomic mass is 10.0. The van der Waals surface area contributed by atoms with Crippen LogP contribution in [0.25, 0.3) is 0 Å². The molecule has 5 nitrogen and oxygen atoms in total. The molecule has 104 valence electrons. The van der Waals surface area contributed by atoms with Crippen molar-refractivity contribution < 1.29 is 14.3 Å². The largest absolute Gasteiger partial charge is 0.465 e. The van der Waals surface area contributed by atoms with Crippen LogP contribution in [0.2, 0.25) is 0 Å². The average molecular weight is 264 g/mol. The normalized spacial score (nSPS) is 11.5. The van der Waals surface area contributed by atoms with Gasteiger partial charge in [0.05, 0.1) is 12.6 Å². The van der Waals surface area contributed by atoms with E-state index in [0.717, 1.165) is 11.1 Å². The summed E-state index contributed by atoms with van der Waals surface area (Å²) in [5.41, 5.74) is 2.16. The number of amides is 2. The number of nitrogens with one attached hydrogen (secondary N) is 2. The Kier molecular flexibility index (Phi) is 5.85. The van der Waals surface area contributed by atoms with Gasteiger partial charge in [0, 0.05) is 0 Å². The van der Waals surface area contributed by atoms with E-state index in [2.05, 4.69) is 10.6 Å². The van der Waals surface area contributed by atoms with Crippen LogP contribution in [0.3, 0.4) is 0 Å². The second-order valence-corrected chi connectivity index (χ2v) is 4.21. The van der Waals surface area contributed by atoms with Crippen LogP contribution in [0, 0.1) is 6.92 Å². The summed E-state index contributed by atoms with van der Waals surface area (Å²) in [6.45, 7) is 5.79. The van der Waals surface area contributed by atoms with Gasteiger partial charge in [0.15, 0.2) is 0 Å². The SMILES string of the molecule is CCOC(=O)CNC(=O)NC(C)c1ccccc1C. The van der Waals surface area contributed by atoms with Crippen LogP contribution in [-0.4, -0.2) is 25.2 Å². The summed E-state index contributed by atoms with van der Waals surface area (Å²) < 4.78 is 4.72.